The van der Waals surface area contributed by atoms with E-state index >= 15 is 0 Å². The molecule has 0 saturated carbocycles. The summed E-state index contributed by atoms with van der Waals surface area (Å²) in [4.78, 5) is 4.31. The molecule has 0 bridgehead atoms. The number of aryl methyl sites for hydroxylation is 1. The van der Waals surface area contributed by atoms with E-state index in [0.717, 1.165) is 5.56 Å². The predicted molar refractivity (Wildman–Crippen MR) is 78.1 cm³/mol. The van der Waals surface area contributed by atoms with Crippen LogP contribution in [0.2, 0.25) is 5.02 Å². The maximum Gasteiger partial charge on any atom is 0.262 e. The minimum Gasteiger partial charge on any atom is -0.496 e. The zero-order valence-corrected chi connectivity index (χ0v) is 12.1. The number of halogens is 1. The molecule has 0 fully saturated rings. The lowest BCUT2D eigenvalue weighted by molar-refractivity contribution is 0.405. The number of nitrogens with zero attached hydrogens (tertiary/aromatic N) is 2. The molecule has 1 aromatic carbocycles. The van der Waals surface area contributed by atoms with Crippen molar-refractivity contribution in [2.24, 2.45) is 0 Å². The molecular formula is C14H12ClN3O3. The summed E-state index contributed by atoms with van der Waals surface area (Å²) in [5.74, 6) is 1.70. The lowest BCUT2D eigenvalue weighted by Gasteiger charge is -2.07. The highest BCUT2D eigenvalue weighted by molar-refractivity contribution is 6.33. The van der Waals surface area contributed by atoms with Gasteiger partial charge in [0.05, 0.1) is 29.6 Å². The number of methoxy groups -OCH3 is 1. The van der Waals surface area contributed by atoms with Crippen LogP contribution in [0.3, 0.4) is 0 Å². The van der Waals surface area contributed by atoms with Crippen molar-refractivity contribution in [3.05, 3.63) is 35.0 Å². The number of anilines is 1. The second-order valence-electron chi connectivity index (χ2n) is 4.43. The van der Waals surface area contributed by atoms with Crippen molar-refractivity contribution in [2.75, 3.05) is 12.8 Å². The lowest BCUT2D eigenvalue weighted by atomic mass is 10.2. The molecule has 2 aromatic heterocycles. The van der Waals surface area contributed by atoms with Crippen molar-refractivity contribution in [1.82, 2.24) is 10.1 Å². The van der Waals surface area contributed by atoms with Crippen LogP contribution < -0.4 is 10.5 Å². The van der Waals surface area contributed by atoms with Crippen LogP contribution >= 0.6 is 11.6 Å². The highest BCUT2D eigenvalue weighted by Gasteiger charge is 2.19. The average Bonchev–Trinajstić information content (AvgIpc) is 3.09. The van der Waals surface area contributed by atoms with Crippen molar-refractivity contribution in [3.8, 4) is 28.8 Å². The van der Waals surface area contributed by atoms with Gasteiger partial charge in [-0.15, -0.1) is 0 Å². The lowest BCUT2D eigenvalue weighted by Crippen LogP contribution is -1.93. The standard InChI is InChI=1S/C14H12ClN3O3/c1-7-3-4-20-12(7)13-17-14(21-18-13)8-5-9(15)10(16)6-11(8)19-2/h3-6H,16H2,1-2H3. The topological polar surface area (TPSA) is 87.3 Å². The summed E-state index contributed by atoms with van der Waals surface area (Å²) >= 11 is 6.04. The van der Waals surface area contributed by atoms with Crippen LogP contribution in [0.15, 0.2) is 33.4 Å². The third kappa shape index (κ3) is 2.34. The number of nitrogens with two attached hydrogens (primary N) is 1. The molecule has 6 nitrogen and oxygen atoms in total. The summed E-state index contributed by atoms with van der Waals surface area (Å²) in [6.07, 6.45) is 1.57. The van der Waals surface area contributed by atoms with Crippen LogP contribution in [0.4, 0.5) is 5.69 Å². The fourth-order valence-corrected chi connectivity index (χ4v) is 2.10. The van der Waals surface area contributed by atoms with Gasteiger partial charge in [0.2, 0.25) is 5.82 Å². The average molecular weight is 306 g/mol. The van der Waals surface area contributed by atoms with Gasteiger partial charge in [-0.25, -0.2) is 0 Å². The minimum absolute atomic E-state index is 0.277. The molecule has 0 amide bonds. The third-order valence-electron chi connectivity index (χ3n) is 3.04. The van der Waals surface area contributed by atoms with Crippen molar-refractivity contribution in [1.29, 1.82) is 0 Å². The molecule has 0 aliphatic rings. The summed E-state index contributed by atoms with van der Waals surface area (Å²) in [6.45, 7) is 1.90. The molecule has 2 N–H and O–H groups in total. The number of furan rings is 1. The van der Waals surface area contributed by atoms with Gasteiger partial charge in [0, 0.05) is 6.07 Å². The maximum atomic E-state index is 6.04. The van der Waals surface area contributed by atoms with Crippen molar-refractivity contribution >= 4 is 17.3 Å². The first kappa shape index (κ1) is 13.5. The Labute approximate surface area is 125 Å². The van der Waals surface area contributed by atoms with Gasteiger partial charge in [0.25, 0.3) is 5.89 Å². The number of nitrogen functional groups attached to an aromatic ring is 1. The van der Waals surface area contributed by atoms with Gasteiger partial charge >= 0.3 is 0 Å². The first-order chi connectivity index (χ1) is 10.1. The first-order valence-corrected chi connectivity index (χ1v) is 6.49. The number of ether oxygens (including phenoxy) is 1. The van der Waals surface area contributed by atoms with E-state index in [4.69, 9.17) is 31.0 Å². The highest BCUT2D eigenvalue weighted by atomic mass is 35.5. The molecule has 0 spiro atoms. The van der Waals surface area contributed by atoms with Gasteiger partial charge in [-0.2, -0.15) is 4.98 Å². The van der Waals surface area contributed by atoms with Crippen LogP contribution in [0.25, 0.3) is 23.0 Å². The Morgan fingerprint density at radius 3 is 2.81 bits per heavy atom. The van der Waals surface area contributed by atoms with E-state index in [1.165, 1.54) is 7.11 Å². The van der Waals surface area contributed by atoms with E-state index in [2.05, 4.69) is 10.1 Å². The van der Waals surface area contributed by atoms with Gasteiger partial charge in [0.15, 0.2) is 5.76 Å². The minimum atomic E-state index is 0.277. The van der Waals surface area contributed by atoms with Crippen molar-refractivity contribution < 1.29 is 13.7 Å². The second kappa shape index (κ2) is 5.14. The monoisotopic (exact) mass is 305 g/mol. The smallest absolute Gasteiger partial charge is 0.262 e. The Morgan fingerprint density at radius 1 is 1.33 bits per heavy atom. The van der Waals surface area contributed by atoms with Crippen LogP contribution in [-0.2, 0) is 0 Å². The first-order valence-electron chi connectivity index (χ1n) is 6.11. The summed E-state index contributed by atoms with van der Waals surface area (Å²) < 4.78 is 15.9. The molecule has 0 unspecified atom stereocenters. The van der Waals surface area contributed by atoms with Gasteiger partial charge in [-0.05, 0) is 24.6 Å². The Balaban J connectivity index is 2.08. The van der Waals surface area contributed by atoms with Crippen LogP contribution in [0.5, 0.6) is 5.75 Å². The van der Waals surface area contributed by atoms with Gasteiger partial charge in [0.1, 0.15) is 5.75 Å². The number of hydrogen-bond donors (Lipinski definition) is 1. The summed E-state index contributed by atoms with van der Waals surface area (Å²) in [5, 5.41) is 4.30. The molecule has 2 heterocycles. The summed E-state index contributed by atoms with van der Waals surface area (Å²) in [7, 11) is 1.53. The van der Waals surface area contributed by atoms with Crippen molar-refractivity contribution in [3.63, 3.8) is 0 Å². The largest absolute Gasteiger partial charge is 0.496 e. The van der Waals surface area contributed by atoms with E-state index < -0.39 is 0 Å². The number of benzene rings is 1. The number of rotatable bonds is 3. The van der Waals surface area contributed by atoms with E-state index in [0.29, 0.717) is 33.6 Å². The SMILES string of the molecule is COc1cc(N)c(Cl)cc1-c1nc(-c2occc2C)no1. The zero-order chi connectivity index (χ0) is 15.0. The molecular weight excluding hydrogens is 294 g/mol. The Morgan fingerprint density at radius 2 is 2.14 bits per heavy atom. The number of aromatic nitrogens is 2. The predicted octanol–water partition coefficient (Wildman–Crippen LogP) is 3.55. The molecule has 0 aliphatic carbocycles. The van der Waals surface area contributed by atoms with Crippen LogP contribution in [0.1, 0.15) is 5.56 Å². The van der Waals surface area contributed by atoms with E-state index in [-0.39, 0.29) is 5.89 Å². The second-order valence-corrected chi connectivity index (χ2v) is 4.84. The number of hydrogen-bond acceptors (Lipinski definition) is 6. The molecule has 21 heavy (non-hydrogen) atoms. The fraction of sp³-hybridized carbons (Fsp3) is 0.143. The van der Waals surface area contributed by atoms with E-state index in [9.17, 15) is 0 Å². The Bertz CT molecular complexity index is 795. The fourth-order valence-electron chi connectivity index (χ4n) is 1.93. The van der Waals surface area contributed by atoms with E-state index in [1.807, 2.05) is 13.0 Å². The molecule has 0 saturated heterocycles. The molecule has 0 atom stereocenters. The molecule has 0 radical (unpaired) electrons. The third-order valence-corrected chi connectivity index (χ3v) is 3.37. The van der Waals surface area contributed by atoms with Gasteiger partial charge in [-0.3, -0.25) is 0 Å². The van der Waals surface area contributed by atoms with Crippen molar-refractivity contribution in [2.45, 2.75) is 6.92 Å². The van der Waals surface area contributed by atoms with Crippen LogP contribution in [-0.4, -0.2) is 17.3 Å². The Hall–Kier alpha value is -2.47. The maximum absolute atomic E-state index is 6.04. The van der Waals surface area contributed by atoms with E-state index in [1.54, 1.807) is 18.4 Å². The normalized spacial score (nSPS) is 10.8. The van der Waals surface area contributed by atoms with Crippen LogP contribution in [0, 0.1) is 6.92 Å². The highest BCUT2D eigenvalue weighted by Crippen LogP contribution is 2.36. The zero-order valence-electron chi connectivity index (χ0n) is 11.4. The van der Waals surface area contributed by atoms with Gasteiger partial charge in [-0.1, -0.05) is 16.8 Å². The summed E-state index contributed by atoms with van der Waals surface area (Å²) in [5.41, 5.74) is 7.66. The molecule has 0 aliphatic heterocycles. The molecule has 3 rings (SSSR count). The molecule has 7 heteroatoms. The Kier molecular flexibility index (Phi) is 3.31. The molecule has 3 aromatic rings. The van der Waals surface area contributed by atoms with Gasteiger partial charge < -0.3 is 19.4 Å². The summed E-state index contributed by atoms with van der Waals surface area (Å²) in [6, 6.07) is 5.06. The molecule has 108 valence electrons. The quantitative estimate of drug-likeness (QED) is 0.744.